The minimum absolute atomic E-state index is 0.0330. The Balaban J connectivity index is 2.47. The molecule has 0 bridgehead atoms. The Labute approximate surface area is 105 Å². The van der Waals surface area contributed by atoms with Gasteiger partial charge in [0.05, 0.1) is 5.75 Å². The highest BCUT2D eigenvalue weighted by atomic mass is 32.2. The molecule has 0 amide bonds. The van der Waals surface area contributed by atoms with Gasteiger partial charge in [0.1, 0.15) is 17.4 Å². The summed E-state index contributed by atoms with van der Waals surface area (Å²) in [5, 5.41) is 0. The van der Waals surface area contributed by atoms with Gasteiger partial charge in [0.25, 0.3) is 0 Å². The average Bonchev–Trinajstić information content (AvgIpc) is 2.23. The van der Waals surface area contributed by atoms with Crippen LogP contribution in [0.15, 0.2) is 18.2 Å². The largest absolute Gasteiger partial charge is 0.298 e. The zero-order valence-electron chi connectivity index (χ0n) is 10.0. The number of carbonyl (C=O) groups is 1. The molecule has 0 aromatic heterocycles. The second kappa shape index (κ2) is 6.74. The van der Waals surface area contributed by atoms with Crippen molar-refractivity contribution in [3.63, 3.8) is 0 Å². The molecule has 0 radical (unpaired) electrons. The van der Waals surface area contributed by atoms with Crippen LogP contribution in [0.25, 0.3) is 0 Å². The third-order valence-corrected chi connectivity index (χ3v) is 3.54. The number of rotatable bonds is 6. The number of hydrogen-bond acceptors (Lipinski definition) is 2. The second-order valence-corrected chi connectivity index (χ2v) is 5.39. The monoisotopic (exact) mass is 258 g/mol. The SMILES string of the molecule is CC(C)CSCC(=O)Cc1cc(F)ccc1F. The van der Waals surface area contributed by atoms with Crippen molar-refractivity contribution in [2.75, 3.05) is 11.5 Å². The molecule has 0 aliphatic heterocycles. The van der Waals surface area contributed by atoms with E-state index in [9.17, 15) is 13.6 Å². The van der Waals surface area contributed by atoms with E-state index in [2.05, 4.69) is 13.8 Å². The van der Waals surface area contributed by atoms with E-state index in [1.54, 1.807) is 0 Å². The normalized spacial score (nSPS) is 10.9. The molecular weight excluding hydrogens is 242 g/mol. The number of ketones is 1. The Morgan fingerprint density at radius 2 is 2.06 bits per heavy atom. The molecule has 0 atom stereocenters. The lowest BCUT2D eigenvalue weighted by molar-refractivity contribution is -0.116. The van der Waals surface area contributed by atoms with Gasteiger partial charge < -0.3 is 0 Å². The molecule has 0 saturated heterocycles. The van der Waals surface area contributed by atoms with Crippen LogP contribution in [0.5, 0.6) is 0 Å². The molecule has 0 fully saturated rings. The Hall–Kier alpha value is -0.900. The van der Waals surface area contributed by atoms with Gasteiger partial charge in [-0.1, -0.05) is 13.8 Å². The zero-order chi connectivity index (χ0) is 12.8. The molecular formula is C13H16F2OS. The van der Waals surface area contributed by atoms with E-state index in [1.807, 2.05) is 0 Å². The Bertz CT molecular complexity index is 391. The first-order chi connectivity index (χ1) is 7.99. The van der Waals surface area contributed by atoms with Crippen molar-refractivity contribution in [3.05, 3.63) is 35.4 Å². The molecule has 0 N–H and O–H groups in total. The summed E-state index contributed by atoms with van der Waals surface area (Å²) >= 11 is 1.53. The van der Waals surface area contributed by atoms with E-state index >= 15 is 0 Å². The maximum Gasteiger partial charge on any atom is 0.147 e. The smallest absolute Gasteiger partial charge is 0.147 e. The molecule has 0 heterocycles. The summed E-state index contributed by atoms with van der Waals surface area (Å²) in [5.74, 6) is 0.683. The number of thioether (sulfide) groups is 1. The van der Waals surface area contributed by atoms with Gasteiger partial charge >= 0.3 is 0 Å². The summed E-state index contributed by atoms with van der Waals surface area (Å²) in [5.41, 5.74) is 0.139. The first-order valence-corrected chi connectivity index (χ1v) is 6.68. The quantitative estimate of drug-likeness (QED) is 0.777. The highest BCUT2D eigenvalue weighted by Crippen LogP contribution is 2.13. The van der Waals surface area contributed by atoms with E-state index in [0.29, 0.717) is 11.7 Å². The Morgan fingerprint density at radius 3 is 2.71 bits per heavy atom. The molecule has 0 spiro atoms. The fraction of sp³-hybridized carbons (Fsp3) is 0.462. The van der Waals surface area contributed by atoms with Crippen molar-refractivity contribution in [1.29, 1.82) is 0 Å². The van der Waals surface area contributed by atoms with Crippen LogP contribution in [0.1, 0.15) is 19.4 Å². The number of carbonyl (C=O) groups excluding carboxylic acids is 1. The fourth-order valence-electron chi connectivity index (χ4n) is 1.35. The lowest BCUT2D eigenvalue weighted by atomic mass is 10.1. The molecule has 17 heavy (non-hydrogen) atoms. The fourth-order valence-corrected chi connectivity index (χ4v) is 2.27. The van der Waals surface area contributed by atoms with Crippen LogP contribution in [-0.2, 0) is 11.2 Å². The summed E-state index contributed by atoms with van der Waals surface area (Å²) < 4.78 is 26.1. The molecule has 1 nitrogen and oxygen atoms in total. The molecule has 4 heteroatoms. The third kappa shape index (κ3) is 5.31. The van der Waals surface area contributed by atoms with Gasteiger partial charge in [0.15, 0.2) is 0 Å². The van der Waals surface area contributed by atoms with Crippen LogP contribution >= 0.6 is 11.8 Å². The Kier molecular flexibility index (Phi) is 5.62. The first kappa shape index (κ1) is 14.2. The molecule has 1 aromatic rings. The lowest BCUT2D eigenvalue weighted by Gasteiger charge is -2.05. The summed E-state index contributed by atoms with van der Waals surface area (Å²) in [6.07, 6.45) is -0.0330. The predicted octanol–water partition coefficient (Wildman–Crippen LogP) is 3.47. The van der Waals surface area contributed by atoms with Crippen LogP contribution < -0.4 is 0 Å². The van der Waals surface area contributed by atoms with Crippen molar-refractivity contribution in [1.82, 2.24) is 0 Å². The molecule has 94 valence electrons. The van der Waals surface area contributed by atoms with Crippen molar-refractivity contribution in [2.24, 2.45) is 5.92 Å². The minimum atomic E-state index is -0.520. The van der Waals surface area contributed by atoms with Crippen molar-refractivity contribution in [3.8, 4) is 0 Å². The highest BCUT2D eigenvalue weighted by molar-refractivity contribution is 7.99. The summed E-state index contributed by atoms with van der Waals surface area (Å²) in [6, 6.07) is 3.19. The molecule has 0 unspecified atom stereocenters. The van der Waals surface area contributed by atoms with Crippen LogP contribution in [0.3, 0.4) is 0 Å². The van der Waals surface area contributed by atoms with E-state index in [1.165, 1.54) is 11.8 Å². The third-order valence-electron chi connectivity index (χ3n) is 2.11. The van der Waals surface area contributed by atoms with E-state index in [0.717, 1.165) is 24.0 Å². The van der Waals surface area contributed by atoms with Gasteiger partial charge in [-0.3, -0.25) is 4.79 Å². The Morgan fingerprint density at radius 1 is 1.35 bits per heavy atom. The lowest BCUT2D eigenvalue weighted by Crippen LogP contribution is -2.09. The van der Waals surface area contributed by atoms with Crippen LogP contribution in [0.2, 0.25) is 0 Å². The average molecular weight is 258 g/mol. The maximum atomic E-state index is 13.3. The van der Waals surface area contributed by atoms with Crippen LogP contribution in [-0.4, -0.2) is 17.3 Å². The van der Waals surface area contributed by atoms with Gasteiger partial charge in [0, 0.05) is 6.42 Å². The molecule has 0 aliphatic rings. The first-order valence-electron chi connectivity index (χ1n) is 5.52. The number of benzene rings is 1. The van der Waals surface area contributed by atoms with Crippen LogP contribution in [0, 0.1) is 17.6 Å². The second-order valence-electron chi connectivity index (χ2n) is 4.36. The van der Waals surface area contributed by atoms with Gasteiger partial charge in [-0.25, -0.2) is 8.78 Å². The maximum absolute atomic E-state index is 13.3. The standard InChI is InChI=1S/C13H16F2OS/c1-9(2)7-17-8-12(16)6-10-5-11(14)3-4-13(10)15/h3-5,9H,6-8H2,1-2H3. The number of halogens is 2. The van der Waals surface area contributed by atoms with E-state index < -0.39 is 11.6 Å². The minimum Gasteiger partial charge on any atom is -0.298 e. The topological polar surface area (TPSA) is 17.1 Å². The number of hydrogen-bond donors (Lipinski definition) is 0. The predicted molar refractivity (Wildman–Crippen MR) is 67.2 cm³/mol. The number of Topliss-reactive ketones (excluding diaryl/α,β-unsaturated/α-hetero) is 1. The van der Waals surface area contributed by atoms with Gasteiger partial charge in [-0.2, -0.15) is 11.8 Å². The van der Waals surface area contributed by atoms with Crippen LogP contribution in [0.4, 0.5) is 8.78 Å². The van der Waals surface area contributed by atoms with Crippen molar-refractivity contribution >= 4 is 17.5 Å². The summed E-state index contributed by atoms with van der Waals surface area (Å²) in [7, 11) is 0. The molecule has 1 rings (SSSR count). The van der Waals surface area contributed by atoms with Gasteiger partial charge in [-0.15, -0.1) is 0 Å². The van der Waals surface area contributed by atoms with E-state index in [-0.39, 0.29) is 17.8 Å². The summed E-state index contributed by atoms with van der Waals surface area (Å²) in [4.78, 5) is 11.5. The van der Waals surface area contributed by atoms with Crippen molar-refractivity contribution < 1.29 is 13.6 Å². The highest BCUT2D eigenvalue weighted by Gasteiger charge is 2.09. The van der Waals surface area contributed by atoms with Gasteiger partial charge in [-0.05, 0) is 35.4 Å². The van der Waals surface area contributed by atoms with Crippen molar-refractivity contribution in [2.45, 2.75) is 20.3 Å². The zero-order valence-corrected chi connectivity index (χ0v) is 10.8. The van der Waals surface area contributed by atoms with E-state index in [4.69, 9.17) is 0 Å². The molecule has 0 saturated carbocycles. The molecule has 1 aromatic carbocycles. The van der Waals surface area contributed by atoms with Gasteiger partial charge in [0.2, 0.25) is 0 Å². The molecule has 0 aliphatic carbocycles. The summed E-state index contributed by atoms with van der Waals surface area (Å²) in [6.45, 7) is 4.15.